The van der Waals surface area contributed by atoms with Crippen molar-refractivity contribution in [1.29, 1.82) is 0 Å². The molecule has 3 heterocycles. The van der Waals surface area contributed by atoms with Gasteiger partial charge in [0.2, 0.25) is 0 Å². The third-order valence-electron chi connectivity index (χ3n) is 7.03. The van der Waals surface area contributed by atoms with Gasteiger partial charge in [0.15, 0.2) is 5.60 Å². The highest BCUT2D eigenvalue weighted by Crippen LogP contribution is 2.45. The van der Waals surface area contributed by atoms with Gasteiger partial charge < -0.3 is 24.6 Å². The molecule has 2 aromatic rings. The second-order valence-electron chi connectivity index (χ2n) is 11.1. The van der Waals surface area contributed by atoms with Gasteiger partial charge in [-0.25, -0.2) is 14.6 Å². The second kappa shape index (κ2) is 8.92. The summed E-state index contributed by atoms with van der Waals surface area (Å²) in [6, 6.07) is 3.60. The van der Waals surface area contributed by atoms with E-state index < -0.39 is 23.4 Å². The Labute approximate surface area is 214 Å². The number of aromatic nitrogens is 1. The number of aliphatic hydroxyl groups is 1. The molecule has 1 atom stereocenters. The van der Waals surface area contributed by atoms with Crippen LogP contribution in [0.1, 0.15) is 63.9 Å². The maximum Gasteiger partial charge on any atom is 0.412 e. The summed E-state index contributed by atoms with van der Waals surface area (Å²) in [6.07, 6.45) is 3.21. The summed E-state index contributed by atoms with van der Waals surface area (Å²) in [5.41, 5.74) is 1.22. The van der Waals surface area contributed by atoms with E-state index in [1.165, 1.54) is 21.1 Å². The van der Waals surface area contributed by atoms with Crippen molar-refractivity contribution in [3.05, 3.63) is 28.1 Å². The van der Waals surface area contributed by atoms with Crippen molar-refractivity contribution in [3.8, 4) is 17.0 Å². The number of carbonyl (C=O) groups excluding carboxylic acids is 1. The molecule has 1 saturated heterocycles. The molecule has 1 aromatic carbocycles. The van der Waals surface area contributed by atoms with Gasteiger partial charge in [0.05, 0.1) is 30.6 Å². The molecule has 2 N–H and O–H groups in total. The van der Waals surface area contributed by atoms with Crippen molar-refractivity contribution in [1.82, 2.24) is 9.88 Å². The molecule has 1 unspecified atom stereocenters. The van der Waals surface area contributed by atoms with Gasteiger partial charge in [-0.3, -0.25) is 4.90 Å². The minimum Gasteiger partial charge on any atom is -0.489 e. The Morgan fingerprint density at radius 1 is 1.19 bits per heavy atom. The van der Waals surface area contributed by atoms with Crippen LogP contribution in [0.5, 0.6) is 5.75 Å². The summed E-state index contributed by atoms with van der Waals surface area (Å²) in [7, 11) is 0. The lowest BCUT2D eigenvalue weighted by Crippen LogP contribution is -2.61. The van der Waals surface area contributed by atoms with Crippen molar-refractivity contribution in [2.75, 3.05) is 18.0 Å². The predicted molar refractivity (Wildman–Crippen MR) is 136 cm³/mol. The number of hydrogen-bond acceptors (Lipinski definition) is 7. The molecule has 1 saturated carbocycles. The summed E-state index contributed by atoms with van der Waals surface area (Å²) in [4.78, 5) is 32.0. The fourth-order valence-electron chi connectivity index (χ4n) is 4.87. The Balaban J connectivity index is 1.43. The molecule has 2 fully saturated rings. The Morgan fingerprint density at radius 3 is 2.53 bits per heavy atom. The Hall–Kier alpha value is -2.85. The van der Waals surface area contributed by atoms with Crippen molar-refractivity contribution < 1.29 is 29.3 Å². The fourth-order valence-corrected chi connectivity index (χ4v) is 5.78. The fraction of sp³-hybridized carbons (Fsp3) is 0.577. The highest BCUT2D eigenvalue weighted by Gasteiger charge is 2.48. The molecule has 1 aliphatic carbocycles. The third kappa shape index (κ3) is 4.52. The first-order chi connectivity index (χ1) is 16.9. The highest BCUT2D eigenvalue weighted by molar-refractivity contribution is 7.10. The third-order valence-corrected chi connectivity index (χ3v) is 8.06. The van der Waals surface area contributed by atoms with Gasteiger partial charge in [-0.05, 0) is 71.9 Å². The topological polar surface area (TPSA) is 112 Å². The molecule has 5 rings (SSSR count). The number of likely N-dealkylation sites (tertiary alicyclic amines) is 1. The number of anilines is 1. The molecular formula is C26H33N3O6S. The van der Waals surface area contributed by atoms with Gasteiger partial charge in [0.1, 0.15) is 16.4 Å². The van der Waals surface area contributed by atoms with E-state index in [4.69, 9.17) is 14.5 Å². The lowest BCUT2D eigenvalue weighted by molar-refractivity contribution is -0.103. The Bertz CT molecular complexity index is 1180. The number of benzene rings is 1. The normalized spacial score (nSPS) is 21.3. The number of ether oxygens (including phenoxy) is 2. The van der Waals surface area contributed by atoms with Crippen LogP contribution < -0.4 is 9.64 Å². The molecule has 0 spiro atoms. The van der Waals surface area contributed by atoms with Crippen LogP contribution in [0.4, 0.5) is 15.3 Å². The van der Waals surface area contributed by atoms with E-state index in [9.17, 15) is 19.8 Å². The zero-order chi connectivity index (χ0) is 25.8. The van der Waals surface area contributed by atoms with Gasteiger partial charge in [-0.1, -0.05) is 0 Å². The Morgan fingerprint density at radius 2 is 1.92 bits per heavy atom. The van der Waals surface area contributed by atoms with Crippen LogP contribution in [0.2, 0.25) is 0 Å². The lowest BCUT2D eigenvalue weighted by atomic mass is 9.92. The number of β-amino-alcohol motifs (C(OH)–C–C–N with tert-alkyl or cyclic N) is 1. The number of carbonyl (C=O) groups is 2. The molecule has 10 heteroatoms. The van der Waals surface area contributed by atoms with E-state index in [1.54, 1.807) is 0 Å². The molecule has 0 radical (unpaired) electrons. The van der Waals surface area contributed by atoms with Crippen molar-refractivity contribution in [3.63, 3.8) is 0 Å². The first-order valence-corrected chi connectivity index (χ1v) is 13.3. The largest absolute Gasteiger partial charge is 0.489 e. The average Bonchev–Trinajstić information content (AvgIpc) is 3.22. The first-order valence-electron chi connectivity index (χ1n) is 12.5. The van der Waals surface area contributed by atoms with Gasteiger partial charge in [0.25, 0.3) is 0 Å². The van der Waals surface area contributed by atoms with Crippen LogP contribution >= 0.6 is 11.3 Å². The molecule has 3 aliphatic rings. The van der Waals surface area contributed by atoms with E-state index >= 15 is 0 Å². The van der Waals surface area contributed by atoms with E-state index in [0.717, 1.165) is 36.8 Å². The van der Waals surface area contributed by atoms with E-state index in [-0.39, 0.29) is 25.2 Å². The van der Waals surface area contributed by atoms with Crippen molar-refractivity contribution in [2.24, 2.45) is 0 Å². The quantitative estimate of drug-likeness (QED) is 0.589. The smallest absolute Gasteiger partial charge is 0.412 e. The number of amides is 2. The molecular weight excluding hydrogens is 482 g/mol. The van der Waals surface area contributed by atoms with Crippen LogP contribution in [0.15, 0.2) is 17.5 Å². The van der Waals surface area contributed by atoms with E-state index in [1.807, 2.05) is 45.2 Å². The summed E-state index contributed by atoms with van der Waals surface area (Å²) < 4.78 is 11.8. The van der Waals surface area contributed by atoms with Gasteiger partial charge in [0, 0.05) is 22.5 Å². The zero-order valence-corrected chi connectivity index (χ0v) is 21.9. The van der Waals surface area contributed by atoms with Crippen LogP contribution in [-0.4, -0.2) is 63.1 Å². The number of thiazole rings is 1. The maximum atomic E-state index is 12.3. The van der Waals surface area contributed by atoms with Crippen LogP contribution in [0.3, 0.4) is 0 Å². The molecule has 2 aliphatic heterocycles. The number of fused-ring (bicyclic) bond motifs is 1. The monoisotopic (exact) mass is 515 g/mol. The van der Waals surface area contributed by atoms with Crippen molar-refractivity contribution in [2.45, 2.75) is 83.1 Å². The molecule has 9 nitrogen and oxygen atoms in total. The summed E-state index contributed by atoms with van der Waals surface area (Å²) in [5.74, 6) is 0.697. The van der Waals surface area contributed by atoms with Crippen LogP contribution in [0, 0.1) is 0 Å². The number of carboxylic acid groups (broad SMARTS) is 1. The second-order valence-corrected chi connectivity index (χ2v) is 11.9. The van der Waals surface area contributed by atoms with Gasteiger partial charge in [-0.2, -0.15) is 0 Å². The molecule has 1 aromatic heterocycles. The highest BCUT2D eigenvalue weighted by atomic mass is 32.1. The first kappa shape index (κ1) is 24.8. The van der Waals surface area contributed by atoms with E-state index in [2.05, 4.69) is 0 Å². The lowest BCUT2D eigenvalue weighted by Gasteiger charge is -2.45. The maximum absolute atomic E-state index is 12.3. The van der Waals surface area contributed by atoms with Crippen LogP contribution in [0.25, 0.3) is 11.3 Å². The predicted octanol–water partition coefficient (Wildman–Crippen LogP) is 5.00. The zero-order valence-electron chi connectivity index (χ0n) is 21.1. The molecule has 36 heavy (non-hydrogen) atoms. The average molecular weight is 516 g/mol. The van der Waals surface area contributed by atoms with Crippen LogP contribution in [-0.2, 0) is 16.8 Å². The SMILES string of the molecule is CC1CCc2c(ccc(-c3csc(C4(O)CN(C(=O)OC(C)(C)C)C4)n3)c2OC2CCC2)N1C(=O)O. The molecule has 2 amide bonds. The minimum atomic E-state index is -1.22. The summed E-state index contributed by atoms with van der Waals surface area (Å²) in [5, 5.41) is 23.4. The number of hydrogen-bond donors (Lipinski definition) is 2. The molecule has 194 valence electrons. The standard InChI is InChI=1S/C26H33N3O6S/c1-15-8-9-18-20(29(15)23(30)31)11-10-17(21(18)34-16-6-5-7-16)19-12-36-22(27-19)26(33)13-28(14-26)24(32)35-25(2,3)4/h10-12,15-16,33H,5-9,13-14H2,1-4H3,(H,30,31). The number of nitrogens with zero attached hydrogens (tertiary/aromatic N) is 3. The molecule has 0 bridgehead atoms. The van der Waals surface area contributed by atoms with Gasteiger partial charge >= 0.3 is 12.2 Å². The van der Waals surface area contributed by atoms with E-state index in [0.29, 0.717) is 28.6 Å². The number of rotatable bonds is 4. The summed E-state index contributed by atoms with van der Waals surface area (Å²) >= 11 is 1.34. The summed E-state index contributed by atoms with van der Waals surface area (Å²) in [6.45, 7) is 7.59. The van der Waals surface area contributed by atoms with Crippen molar-refractivity contribution >= 4 is 29.2 Å². The van der Waals surface area contributed by atoms with Gasteiger partial charge in [-0.15, -0.1) is 11.3 Å². The Kier molecular flexibility index (Phi) is 6.15. The minimum absolute atomic E-state index is 0.107.